The van der Waals surface area contributed by atoms with Crippen molar-refractivity contribution in [2.75, 3.05) is 13.7 Å². The van der Waals surface area contributed by atoms with Crippen molar-refractivity contribution < 1.29 is 19.7 Å². The molecule has 2 unspecified atom stereocenters. The lowest BCUT2D eigenvalue weighted by atomic mass is 9.67. The first kappa shape index (κ1) is 19.0. The van der Waals surface area contributed by atoms with E-state index in [1.54, 1.807) is 18.2 Å². The minimum atomic E-state index is -0.730. The van der Waals surface area contributed by atoms with E-state index in [-0.39, 0.29) is 5.91 Å². The predicted octanol–water partition coefficient (Wildman–Crippen LogP) is 3.35. The second-order valence-electron chi connectivity index (χ2n) is 6.95. The van der Waals surface area contributed by atoms with Gasteiger partial charge in [-0.05, 0) is 42.5 Å². The van der Waals surface area contributed by atoms with Gasteiger partial charge in [0, 0.05) is 12.0 Å². The summed E-state index contributed by atoms with van der Waals surface area (Å²) in [6.07, 6.45) is 2.03. The molecule has 1 amide bonds. The Morgan fingerprint density at radius 2 is 1.93 bits per heavy atom. The van der Waals surface area contributed by atoms with Crippen molar-refractivity contribution in [3.05, 3.63) is 77.6 Å². The Morgan fingerprint density at radius 3 is 2.59 bits per heavy atom. The molecule has 0 saturated heterocycles. The van der Waals surface area contributed by atoms with E-state index < -0.39 is 11.5 Å². The highest BCUT2D eigenvalue weighted by molar-refractivity contribution is 5.96. The fraction of sp³-hybridized carbons (Fsp3) is 0.318. The van der Waals surface area contributed by atoms with E-state index in [2.05, 4.69) is 5.32 Å². The minimum Gasteiger partial charge on any atom is -0.516 e. The largest absolute Gasteiger partial charge is 0.516 e. The lowest BCUT2D eigenvalue weighted by molar-refractivity contribution is 0.0901. The van der Waals surface area contributed by atoms with Crippen LogP contribution in [0.15, 0.2) is 66.4 Å². The molecule has 0 heterocycles. The predicted molar refractivity (Wildman–Crippen MR) is 104 cm³/mol. The zero-order chi connectivity index (χ0) is 19.3. The summed E-state index contributed by atoms with van der Waals surface area (Å²) in [6.45, 7) is 0.393. The van der Waals surface area contributed by atoms with Crippen molar-refractivity contribution >= 4 is 5.91 Å². The van der Waals surface area contributed by atoms with Crippen LogP contribution in [0.1, 0.15) is 35.2 Å². The number of aliphatic hydroxyl groups excluding tert-OH is 2. The van der Waals surface area contributed by atoms with Crippen LogP contribution in [0.3, 0.4) is 0 Å². The number of rotatable bonds is 5. The first-order valence-corrected chi connectivity index (χ1v) is 9.07. The van der Waals surface area contributed by atoms with E-state index in [0.717, 1.165) is 18.2 Å². The molecule has 0 spiro atoms. The number of para-hydroxylation sites is 1. The maximum atomic E-state index is 12.7. The molecular formula is C22H25NO4. The Morgan fingerprint density at radius 1 is 1.22 bits per heavy atom. The molecule has 1 aliphatic rings. The third-order valence-corrected chi connectivity index (χ3v) is 5.40. The second kappa shape index (κ2) is 8.27. The zero-order valence-corrected chi connectivity index (χ0v) is 15.4. The molecule has 2 aromatic rings. The number of amides is 1. The summed E-state index contributed by atoms with van der Waals surface area (Å²) in [5.41, 5.74) is 1.79. The molecule has 2 atom stereocenters. The van der Waals surface area contributed by atoms with Gasteiger partial charge < -0.3 is 20.3 Å². The van der Waals surface area contributed by atoms with Gasteiger partial charge in [0.05, 0.1) is 25.0 Å². The normalized spacial score (nSPS) is 23.8. The Labute approximate surface area is 159 Å². The van der Waals surface area contributed by atoms with Crippen molar-refractivity contribution in [2.45, 2.75) is 30.8 Å². The molecule has 27 heavy (non-hydrogen) atoms. The molecule has 0 aliphatic heterocycles. The van der Waals surface area contributed by atoms with Gasteiger partial charge in [-0.1, -0.05) is 42.5 Å². The topological polar surface area (TPSA) is 78.8 Å². The molecular weight excluding hydrogens is 342 g/mol. The Kier molecular flexibility index (Phi) is 5.81. The molecule has 1 fully saturated rings. The lowest BCUT2D eigenvalue weighted by Gasteiger charge is -2.41. The van der Waals surface area contributed by atoms with Gasteiger partial charge in [-0.3, -0.25) is 4.79 Å². The number of hydrogen-bond donors (Lipinski definition) is 3. The van der Waals surface area contributed by atoms with Crippen LogP contribution in [0.2, 0.25) is 0 Å². The summed E-state index contributed by atoms with van der Waals surface area (Å²) < 4.78 is 5.28. The molecule has 1 saturated carbocycles. The van der Waals surface area contributed by atoms with Gasteiger partial charge in [0.1, 0.15) is 5.75 Å². The van der Waals surface area contributed by atoms with Crippen molar-refractivity contribution in [3.63, 3.8) is 0 Å². The van der Waals surface area contributed by atoms with E-state index in [0.29, 0.717) is 36.3 Å². The molecule has 5 heteroatoms. The van der Waals surface area contributed by atoms with Crippen LogP contribution in [0.25, 0.3) is 0 Å². The van der Waals surface area contributed by atoms with E-state index in [9.17, 15) is 15.0 Å². The molecule has 0 radical (unpaired) electrons. The fourth-order valence-corrected chi connectivity index (χ4v) is 3.80. The molecule has 142 valence electrons. The summed E-state index contributed by atoms with van der Waals surface area (Å²) in [7, 11) is 1.54. The van der Waals surface area contributed by atoms with Crippen LogP contribution in [0.5, 0.6) is 5.75 Å². The van der Waals surface area contributed by atoms with Crippen LogP contribution in [-0.4, -0.2) is 35.9 Å². The summed E-state index contributed by atoms with van der Waals surface area (Å²) >= 11 is 0. The average Bonchev–Trinajstić information content (AvgIpc) is 2.72. The average molecular weight is 367 g/mol. The number of methoxy groups -OCH3 is 1. The summed E-state index contributed by atoms with van der Waals surface area (Å²) in [5, 5.41) is 22.8. The van der Waals surface area contributed by atoms with Crippen molar-refractivity contribution in [2.24, 2.45) is 0 Å². The summed E-state index contributed by atoms with van der Waals surface area (Å²) in [4.78, 5) is 12.7. The number of benzene rings is 2. The first-order chi connectivity index (χ1) is 13.1. The fourth-order valence-electron chi connectivity index (χ4n) is 3.80. The smallest absolute Gasteiger partial charge is 0.255 e. The number of hydrogen-bond acceptors (Lipinski definition) is 4. The first-order valence-electron chi connectivity index (χ1n) is 9.07. The van der Waals surface area contributed by atoms with Gasteiger partial charge in [0.2, 0.25) is 0 Å². The second-order valence-corrected chi connectivity index (χ2v) is 6.95. The number of aliphatic hydroxyl groups is 2. The Bertz CT molecular complexity index is 818. The van der Waals surface area contributed by atoms with E-state index in [4.69, 9.17) is 4.74 Å². The molecule has 1 aliphatic carbocycles. The van der Waals surface area contributed by atoms with E-state index >= 15 is 0 Å². The lowest BCUT2D eigenvalue weighted by Crippen LogP contribution is -2.46. The highest BCUT2D eigenvalue weighted by Crippen LogP contribution is 2.41. The maximum Gasteiger partial charge on any atom is 0.255 e. The van der Waals surface area contributed by atoms with Gasteiger partial charge >= 0.3 is 0 Å². The van der Waals surface area contributed by atoms with Crippen molar-refractivity contribution in [3.8, 4) is 5.75 Å². The van der Waals surface area contributed by atoms with Gasteiger partial charge in [-0.2, -0.15) is 0 Å². The van der Waals surface area contributed by atoms with Crippen LogP contribution < -0.4 is 10.1 Å². The van der Waals surface area contributed by atoms with Crippen LogP contribution in [0.4, 0.5) is 0 Å². The monoisotopic (exact) mass is 367 g/mol. The quantitative estimate of drug-likeness (QED) is 0.708. The zero-order valence-electron chi connectivity index (χ0n) is 15.4. The van der Waals surface area contributed by atoms with E-state index in [1.807, 2.05) is 36.4 Å². The minimum absolute atomic E-state index is 0.208. The van der Waals surface area contributed by atoms with Crippen LogP contribution >= 0.6 is 0 Å². The van der Waals surface area contributed by atoms with Crippen molar-refractivity contribution in [1.82, 2.24) is 5.32 Å². The Hall–Kier alpha value is -2.79. The molecule has 5 nitrogen and oxygen atoms in total. The number of ether oxygens (including phenoxy) is 1. The van der Waals surface area contributed by atoms with Gasteiger partial charge in [-0.15, -0.1) is 0 Å². The van der Waals surface area contributed by atoms with Gasteiger partial charge in [0.15, 0.2) is 0 Å². The summed E-state index contributed by atoms with van der Waals surface area (Å²) in [5.74, 6) is 0.318. The van der Waals surface area contributed by atoms with Crippen LogP contribution in [-0.2, 0) is 5.41 Å². The Balaban J connectivity index is 1.84. The summed E-state index contributed by atoms with van der Waals surface area (Å²) in [6, 6.07) is 17.0. The third kappa shape index (κ3) is 3.98. The molecule has 0 aromatic heterocycles. The van der Waals surface area contributed by atoms with Crippen molar-refractivity contribution in [1.29, 1.82) is 0 Å². The SMILES string of the molecule is COc1ccccc1C(=O)NCC1(c2ccccc2)CC/C(=C/O)C(O)C1. The highest BCUT2D eigenvalue weighted by atomic mass is 16.5. The number of carbonyl (C=O) groups is 1. The molecule has 3 rings (SSSR count). The molecule has 0 bridgehead atoms. The van der Waals surface area contributed by atoms with Gasteiger partial charge in [-0.25, -0.2) is 0 Å². The standard InChI is InChI=1S/C22H25NO4/c1-27-20-10-6-5-9-18(20)21(26)23-15-22(17-7-3-2-4-8-17)12-11-16(14-24)19(25)13-22/h2-10,14,19,24-25H,11-13,15H2,1H3,(H,23,26)/b16-14-. The maximum absolute atomic E-state index is 12.7. The van der Waals surface area contributed by atoms with E-state index in [1.165, 1.54) is 7.11 Å². The third-order valence-electron chi connectivity index (χ3n) is 5.40. The van der Waals surface area contributed by atoms with Gasteiger partial charge in [0.25, 0.3) is 5.91 Å². The molecule has 3 N–H and O–H groups in total. The number of nitrogens with one attached hydrogen (secondary N) is 1. The number of carbonyl (C=O) groups excluding carboxylic acids is 1. The molecule has 2 aromatic carbocycles. The highest BCUT2D eigenvalue weighted by Gasteiger charge is 2.39. The van der Waals surface area contributed by atoms with Crippen LogP contribution in [0, 0.1) is 0 Å².